The average Bonchev–Trinajstić information content (AvgIpc) is 2.54. The Balaban J connectivity index is 2.23. The molecule has 1 aromatic rings. The molecule has 24 heavy (non-hydrogen) atoms. The van der Waals surface area contributed by atoms with E-state index in [-0.39, 0.29) is 23.8 Å². The van der Waals surface area contributed by atoms with Gasteiger partial charge in [-0.3, -0.25) is 14.9 Å². The number of benzene rings is 1. The lowest BCUT2D eigenvalue weighted by atomic mass is 9.68. The normalized spacial score (nSPS) is 24.0. The van der Waals surface area contributed by atoms with E-state index in [1.165, 1.54) is 13.2 Å². The lowest BCUT2D eigenvalue weighted by Crippen LogP contribution is -2.34. The van der Waals surface area contributed by atoms with Gasteiger partial charge >= 0.3 is 0 Å². The van der Waals surface area contributed by atoms with Crippen LogP contribution >= 0.6 is 0 Å². The van der Waals surface area contributed by atoms with Crippen LogP contribution in [0.3, 0.4) is 0 Å². The summed E-state index contributed by atoms with van der Waals surface area (Å²) < 4.78 is 5.05. The number of ether oxygens (including phenoxy) is 1. The maximum Gasteiger partial charge on any atom is 0.276 e. The number of rotatable bonds is 6. The minimum atomic E-state index is -0.436. The Labute approximate surface area is 143 Å². The highest BCUT2D eigenvalue weighted by molar-refractivity contribution is 5.84. The molecule has 1 saturated carbocycles. The fourth-order valence-corrected chi connectivity index (χ4v) is 3.88. The largest absolute Gasteiger partial charge is 0.497 e. The number of hydrogen-bond donors (Lipinski definition) is 0. The van der Waals surface area contributed by atoms with Gasteiger partial charge in [0.2, 0.25) is 0 Å². The molecular formula is C19H27NO4. The molecule has 1 fully saturated rings. The van der Waals surface area contributed by atoms with Crippen molar-refractivity contribution in [3.63, 3.8) is 0 Å². The molecule has 0 aromatic heterocycles. The minimum absolute atomic E-state index is 0.00968. The topological polar surface area (TPSA) is 69.4 Å². The second-order valence-corrected chi connectivity index (χ2v) is 7.33. The smallest absolute Gasteiger partial charge is 0.276 e. The molecule has 0 amide bonds. The van der Waals surface area contributed by atoms with Gasteiger partial charge < -0.3 is 4.74 Å². The summed E-state index contributed by atoms with van der Waals surface area (Å²) in [5, 5.41) is 11.3. The van der Waals surface area contributed by atoms with E-state index in [9.17, 15) is 14.9 Å². The highest BCUT2D eigenvalue weighted by atomic mass is 16.6. The molecule has 0 spiro atoms. The van der Waals surface area contributed by atoms with Crippen LogP contribution in [0.25, 0.3) is 0 Å². The second kappa shape index (κ2) is 7.77. The molecular weight excluding hydrogens is 306 g/mol. The lowest BCUT2D eigenvalue weighted by molar-refractivity contribution is -0.385. The van der Waals surface area contributed by atoms with Crippen LogP contribution in [0.1, 0.15) is 45.6 Å². The molecule has 2 rings (SSSR count). The number of Topliss-reactive ketones (excluding diaryl/α,β-unsaturated/α-hetero) is 1. The summed E-state index contributed by atoms with van der Waals surface area (Å²) >= 11 is 0. The molecule has 5 nitrogen and oxygen atoms in total. The molecule has 0 saturated heterocycles. The number of nitro benzene ring substituents is 1. The van der Waals surface area contributed by atoms with Gasteiger partial charge in [-0.1, -0.05) is 27.2 Å². The van der Waals surface area contributed by atoms with Crippen molar-refractivity contribution >= 4 is 11.5 Å². The third-order valence-electron chi connectivity index (χ3n) is 5.29. The summed E-state index contributed by atoms with van der Waals surface area (Å²) in [7, 11) is 1.47. The molecule has 0 aliphatic heterocycles. The predicted molar refractivity (Wildman–Crippen MR) is 93.2 cm³/mol. The van der Waals surface area contributed by atoms with Gasteiger partial charge in [0, 0.05) is 17.9 Å². The van der Waals surface area contributed by atoms with E-state index in [2.05, 4.69) is 20.8 Å². The summed E-state index contributed by atoms with van der Waals surface area (Å²) in [4.78, 5) is 23.8. The number of nitro groups is 1. The van der Waals surface area contributed by atoms with Crippen LogP contribution in [0.15, 0.2) is 18.2 Å². The van der Waals surface area contributed by atoms with Crippen molar-refractivity contribution in [1.82, 2.24) is 0 Å². The lowest BCUT2D eigenvalue weighted by Gasteiger charge is -2.36. The maximum absolute atomic E-state index is 12.9. The molecule has 0 N–H and O–H groups in total. The molecule has 5 heteroatoms. The predicted octanol–water partition coefficient (Wildman–Crippen LogP) is 4.42. The Kier molecular flexibility index (Phi) is 5.97. The van der Waals surface area contributed by atoms with Crippen molar-refractivity contribution < 1.29 is 14.5 Å². The number of hydrogen-bond acceptors (Lipinski definition) is 4. The van der Waals surface area contributed by atoms with Crippen LogP contribution in [0.5, 0.6) is 5.75 Å². The van der Waals surface area contributed by atoms with Gasteiger partial charge in [-0.2, -0.15) is 0 Å². The summed E-state index contributed by atoms with van der Waals surface area (Å²) in [5.41, 5.74) is 0.444. The van der Waals surface area contributed by atoms with Gasteiger partial charge in [-0.15, -0.1) is 0 Å². The van der Waals surface area contributed by atoms with Crippen molar-refractivity contribution in [3.05, 3.63) is 33.9 Å². The monoisotopic (exact) mass is 333 g/mol. The Morgan fingerprint density at radius 1 is 1.38 bits per heavy atom. The van der Waals surface area contributed by atoms with Crippen LogP contribution in [0, 0.1) is 33.8 Å². The molecule has 3 atom stereocenters. The Morgan fingerprint density at radius 3 is 2.67 bits per heavy atom. The van der Waals surface area contributed by atoms with Gasteiger partial charge in [0.05, 0.1) is 18.1 Å². The quantitative estimate of drug-likeness (QED) is 0.570. The van der Waals surface area contributed by atoms with E-state index in [0.29, 0.717) is 29.1 Å². The van der Waals surface area contributed by atoms with Crippen LogP contribution in [0.4, 0.5) is 5.69 Å². The van der Waals surface area contributed by atoms with E-state index in [4.69, 9.17) is 4.74 Å². The molecule has 0 bridgehead atoms. The fourth-order valence-electron chi connectivity index (χ4n) is 3.88. The average molecular weight is 333 g/mol. The molecule has 1 aliphatic carbocycles. The Bertz CT molecular complexity index is 611. The first kappa shape index (κ1) is 18.4. The molecule has 1 aliphatic rings. The van der Waals surface area contributed by atoms with E-state index < -0.39 is 4.92 Å². The first-order valence-corrected chi connectivity index (χ1v) is 8.67. The standard InChI is InChI=1S/C19H27NO4/c1-12(2)16-8-5-13(3)9-17(16)19(21)10-14-6-7-15(24-4)11-18(14)20(22)23/h6-7,11-13,16-17H,5,8-10H2,1-4H3/t13-,16+,17-/m1/s1. The number of methoxy groups -OCH3 is 1. The Morgan fingerprint density at radius 2 is 2.08 bits per heavy atom. The van der Waals surface area contributed by atoms with Gasteiger partial charge in [0.1, 0.15) is 11.5 Å². The first-order chi connectivity index (χ1) is 11.3. The third kappa shape index (κ3) is 4.13. The highest BCUT2D eigenvalue weighted by Gasteiger charge is 2.35. The van der Waals surface area contributed by atoms with Crippen molar-refractivity contribution in [2.45, 2.75) is 46.5 Å². The van der Waals surface area contributed by atoms with Crippen LogP contribution in [0.2, 0.25) is 0 Å². The van der Waals surface area contributed by atoms with Crippen molar-refractivity contribution in [3.8, 4) is 5.75 Å². The molecule has 1 aromatic carbocycles. The molecule has 0 radical (unpaired) electrons. The zero-order valence-electron chi connectivity index (χ0n) is 15.0. The van der Waals surface area contributed by atoms with E-state index >= 15 is 0 Å². The number of ketones is 1. The van der Waals surface area contributed by atoms with E-state index in [1.54, 1.807) is 12.1 Å². The summed E-state index contributed by atoms with van der Waals surface area (Å²) in [6.45, 7) is 6.51. The maximum atomic E-state index is 12.9. The fraction of sp³-hybridized carbons (Fsp3) is 0.632. The first-order valence-electron chi connectivity index (χ1n) is 8.67. The Hall–Kier alpha value is -1.91. The number of nitrogens with zero attached hydrogens (tertiary/aromatic N) is 1. The summed E-state index contributed by atoms with van der Waals surface area (Å²) in [6.07, 6.45) is 3.25. The summed E-state index contributed by atoms with van der Waals surface area (Å²) in [6, 6.07) is 4.72. The van der Waals surface area contributed by atoms with Crippen LogP contribution in [-0.4, -0.2) is 17.8 Å². The van der Waals surface area contributed by atoms with Crippen LogP contribution < -0.4 is 4.74 Å². The second-order valence-electron chi connectivity index (χ2n) is 7.33. The van der Waals surface area contributed by atoms with Gasteiger partial charge in [0.15, 0.2) is 0 Å². The van der Waals surface area contributed by atoms with Gasteiger partial charge in [-0.05, 0) is 42.7 Å². The molecule has 132 valence electrons. The van der Waals surface area contributed by atoms with Crippen molar-refractivity contribution in [2.75, 3.05) is 7.11 Å². The molecule has 0 heterocycles. The van der Waals surface area contributed by atoms with Crippen molar-refractivity contribution in [2.24, 2.45) is 23.7 Å². The third-order valence-corrected chi connectivity index (χ3v) is 5.29. The minimum Gasteiger partial charge on any atom is -0.497 e. The molecule has 0 unspecified atom stereocenters. The van der Waals surface area contributed by atoms with Crippen molar-refractivity contribution in [1.29, 1.82) is 0 Å². The number of carbonyl (C=O) groups excluding carboxylic acids is 1. The summed E-state index contributed by atoms with van der Waals surface area (Å²) in [5.74, 6) is 1.95. The zero-order valence-corrected chi connectivity index (χ0v) is 15.0. The number of carbonyl (C=O) groups is 1. The van der Waals surface area contributed by atoms with E-state index in [0.717, 1.165) is 19.3 Å². The van der Waals surface area contributed by atoms with Gasteiger partial charge in [0.25, 0.3) is 5.69 Å². The zero-order chi connectivity index (χ0) is 17.9. The van der Waals surface area contributed by atoms with E-state index in [1.807, 2.05) is 0 Å². The van der Waals surface area contributed by atoms with Gasteiger partial charge in [-0.25, -0.2) is 0 Å². The van der Waals surface area contributed by atoms with Crippen LogP contribution in [-0.2, 0) is 11.2 Å². The highest BCUT2D eigenvalue weighted by Crippen LogP contribution is 2.39. The SMILES string of the molecule is COc1ccc(CC(=O)[C@@H]2C[C@H](C)CC[C@H]2C(C)C)c([N+](=O)[O-])c1.